The molecule has 0 aliphatic rings. The van der Waals surface area contributed by atoms with Crippen molar-refractivity contribution in [2.45, 2.75) is 24.8 Å². The van der Waals surface area contributed by atoms with Gasteiger partial charge in [-0.05, 0) is 50.2 Å². The molecule has 8 nitrogen and oxygen atoms in total. The van der Waals surface area contributed by atoms with E-state index in [1.54, 1.807) is 56.0 Å². The van der Waals surface area contributed by atoms with Gasteiger partial charge in [-0.15, -0.1) is 0 Å². The Morgan fingerprint density at radius 3 is 2.56 bits per heavy atom. The Kier molecular flexibility index (Phi) is 5.93. The zero-order valence-corrected chi connectivity index (χ0v) is 19.2. The summed E-state index contributed by atoms with van der Waals surface area (Å²) in [6.07, 6.45) is 2.97. The molecule has 4 aromatic rings. The third-order valence-corrected chi connectivity index (χ3v) is 7.01. The van der Waals surface area contributed by atoms with Crippen molar-refractivity contribution in [1.82, 2.24) is 24.3 Å². The highest BCUT2D eigenvalue weighted by atomic mass is 35.5. The van der Waals surface area contributed by atoms with Gasteiger partial charge in [0.05, 0.1) is 40.4 Å². The summed E-state index contributed by atoms with van der Waals surface area (Å²) in [5.41, 5.74) is 1.96. The first-order chi connectivity index (χ1) is 15.2. The van der Waals surface area contributed by atoms with Gasteiger partial charge in [0.15, 0.2) is 0 Å². The monoisotopic (exact) mass is 477 g/mol. The van der Waals surface area contributed by atoms with Gasteiger partial charge in [0, 0.05) is 12.4 Å². The van der Waals surface area contributed by atoms with Crippen molar-refractivity contribution in [3.05, 3.63) is 65.3 Å². The van der Waals surface area contributed by atoms with Crippen LogP contribution in [0.2, 0.25) is 5.02 Å². The van der Waals surface area contributed by atoms with Gasteiger partial charge in [-0.2, -0.15) is 10.2 Å². The minimum Gasteiger partial charge on any atom is -0.490 e. The van der Waals surface area contributed by atoms with Crippen molar-refractivity contribution in [2.75, 3.05) is 6.61 Å². The van der Waals surface area contributed by atoms with E-state index in [0.717, 1.165) is 10.9 Å². The molecule has 1 atom stereocenters. The fraction of sp³-hybridized carbons (Fsp3) is 0.238. The van der Waals surface area contributed by atoms with E-state index in [2.05, 4.69) is 14.9 Å². The van der Waals surface area contributed by atoms with Crippen LogP contribution in [0.15, 0.2) is 53.7 Å². The summed E-state index contributed by atoms with van der Waals surface area (Å²) in [5.74, 6) is 0.0730. The van der Waals surface area contributed by atoms with Crippen LogP contribution in [0.25, 0.3) is 16.6 Å². The second-order valence-corrected chi connectivity index (χ2v) is 9.52. The standard InChI is InChI=1S/C21H21ClFN5O3S/c1-13(26-32(29,30)21-11-24-27(3)14(21)2)12-31-20-8-15-10-25-28(19(15)9-18(20)22)17-6-4-16(23)5-7-17/h4-11,13,26H,12H2,1-3H3/t13-/m0/s1. The van der Waals surface area contributed by atoms with Gasteiger partial charge >= 0.3 is 0 Å². The molecule has 0 fully saturated rings. The Bertz CT molecular complexity index is 1380. The molecule has 32 heavy (non-hydrogen) atoms. The van der Waals surface area contributed by atoms with E-state index in [9.17, 15) is 12.8 Å². The van der Waals surface area contributed by atoms with Gasteiger partial charge in [-0.3, -0.25) is 4.68 Å². The van der Waals surface area contributed by atoms with Gasteiger partial charge in [0.1, 0.15) is 23.1 Å². The van der Waals surface area contributed by atoms with Crippen LogP contribution in [0.5, 0.6) is 5.75 Å². The van der Waals surface area contributed by atoms with Gasteiger partial charge in [-0.25, -0.2) is 22.2 Å². The van der Waals surface area contributed by atoms with Crippen LogP contribution >= 0.6 is 11.6 Å². The molecule has 0 spiro atoms. The maximum absolute atomic E-state index is 13.2. The fourth-order valence-corrected chi connectivity index (χ4v) is 4.89. The molecular weight excluding hydrogens is 457 g/mol. The zero-order valence-electron chi connectivity index (χ0n) is 17.6. The smallest absolute Gasteiger partial charge is 0.244 e. The van der Waals surface area contributed by atoms with Crippen molar-refractivity contribution in [3.63, 3.8) is 0 Å². The lowest BCUT2D eigenvalue weighted by Gasteiger charge is -2.16. The highest BCUT2D eigenvalue weighted by molar-refractivity contribution is 7.89. The van der Waals surface area contributed by atoms with Crippen LogP contribution in [0.1, 0.15) is 12.6 Å². The zero-order chi connectivity index (χ0) is 23.0. The van der Waals surface area contributed by atoms with Crippen LogP contribution in [-0.2, 0) is 17.1 Å². The summed E-state index contributed by atoms with van der Waals surface area (Å²) >= 11 is 6.40. The largest absolute Gasteiger partial charge is 0.490 e. The van der Waals surface area contributed by atoms with E-state index < -0.39 is 16.1 Å². The van der Waals surface area contributed by atoms with Gasteiger partial charge in [-0.1, -0.05) is 11.6 Å². The first-order valence-corrected chi connectivity index (χ1v) is 11.6. The SMILES string of the molecule is Cc1c(S(=O)(=O)N[C@@H](C)COc2cc3cnn(-c4ccc(F)cc4)c3cc2Cl)cnn1C. The molecule has 0 aliphatic heterocycles. The molecule has 0 unspecified atom stereocenters. The lowest BCUT2D eigenvalue weighted by molar-refractivity contribution is 0.288. The van der Waals surface area contributed by atoms with E-state index in [4.69, 9.17) is 16.3 Å². The Balaban J connectivity index is 1.49. The van der Waals surface area contributed by atoms with Crippen molar-refractivity contribution in [2.24, 2.45) is 7.05 Å². The van der Waals surface area contributed by atoms with Crippen LogP contribution in [-0.4, -0.2) is 40.6 Å². The van der Waals surface area contributed by atoms with E-state index in [1.165, 1.54) is 23.0 Å². The number of sulfonamides is 1. The fourth-order valence-electron chi connectivity index (χ4n) is 3.25. The molecule has 0 aliphatic carbocycles. The maximum atomic E-state index is 13.2. The van der Waals surface area contributed by atoms with Crippen molar-refractivity contribution in [1.29, 1.82) is 0 Å². The van der Waals surface area contributed by atoms with E-state index in [0.29, 0.717) is 22.2 Å². The average Bonchev–Trinajstić information content (AvgIpc) is 3.30. The van der Waals surface area contributed by atoms with E-state index in [1.807, 2.05) is 0 Å². The number of nitrogens with one attached hydrogen (secondary N) is 1. The summed E-state index contributed by atoms with van der Waals surface area (Å²) in [4.78, 5) is 0.125. The second kappa shape index (κ2) is 8.53. The topological polar surface area (TPSA) is 91.0 Å². The summed E-state index contributed by atoms with van der Waals surface area (Å²) in [6, 6.07) is 8.88. The Morgan fingerprint density at radius 1 is 1.19 bits per heavy atom. The summed E-state index contributed by atoms with van der Waals surface area (Å²) in [6.45, 7) is 3.45. The van der Waals surface area contributed by atoms with E-state index >= 15 is 0 Å². The molecule has 0 bridgehead atoms. The first kappa shape index (κ1) is 22.3. The van der Waals surface area contributed by atoms with Gasteiger partial charge in [0.2, 0.25) is 10.0 Å². The molecular formula is C21H21ClFN5O3S. The first-order valence-electron chi connectivity index (χ1n) is 9.72. The number of nitrogens with zero attached hydrogens (tertiary/aromatic N) is 4. The van der Waals surface area contributed by atoms with Crippen molar-refractivity contribution in [3.8, 4) is 11.4 Å². The molecule has 2 aromatic heterocycles. The average molecular weight is 478 g/mol. The quantitative estimate of drug-likeness (QED) is 0.439. The highest BCUT2D eigenvalue weighted by Gasteiger charge is 2.22. The number of aromatic nitrogens is 4. The lowest BCUT2D eigenvalue weighted by atomic mass is 10.2. The Labute approximate surface area is 189 Å². The van der Waals surface area contributed by atoms with Crippen LogP contribution in [0.4, 0.5) is 4.39 Å². The lowest BCUT2D eigenvalue weighted by Crippen LogP contribution is -2.37. The van der Waals surface area contributed by atoms with Crippen molar-refractivity contribution >= 4 is 32.5 Å². The molecule has 0 radical (unpaired) electrons. The van der Waals surface area contributed by atoms with E-state index in [-0.39, 0.29) is 17.3 Å². The molecule has 1 N–H and O–H groups in total. The van der Waals surface area contributed by atoms with Gasteiger partial charge < -0.3 is 4.74 Å². The highest BCUT2D eigenvalue weighted by Crippen LogP contribution is 2.31. The molecule has 4 rings (SSSR count). The predicted molar refractivity (Wildman–Crippen MR) is 119 cm³/mol. The van der Waals surface area contributed by atoms with Gasteiger partial charge in [0.25, 0.3) is 0 Å². The number of benzene rings is 2. The Morgan fingerprint density at radius 2 is 1.91 bits per heavy atom. The third kappa shape index (κ3) is 4.34. The summed E-state index contributed by atoms with van der Waals surface area (Å²) < 4.78 is 50.0. The molecule has 2 heterocycles. The number of halogens is 2. The third-order valence-electron chi connectivity index (χ3n) is 5.02. The normalized spacial score (nSPS) is 12.9. The molecule has 0 amide bonds. The second-order valence-electron chi connectivity index (χ2n) is 7.43. The molecule has 168 valence electrons. The number of hydrogen-bond donors (Lipinski definition) is 1. The molecule has 11 heteroatoms. The van der Waals surface area contributed by atoms with Crippen molar-refractivity contribution < 1.29 is 17.5 Å². The molecule has 2 aromatic carbocycles. The number of ether oxygens (including phenoxy) is 1. The van der Waals surface area contributed by atoms with Crippen LogP contribution in [0, 0.1) is 12.7 Å². The minimum atomic E-state index is -3.74. The summed E-state index contributed by atoms with van der Waals surface area (Å²) in [5, 5.41) is 9.44. The minimum absolute atomic E-state index is 0.0653. The number of fused-ring (bicyclic) bond motifs is 1. The maximum Gasteiger partial charge on any atom is 0.244 e. The molecule has 0 saturated heterocycles. The van der Waals surface area contributed by atoms with Crippen LogP contribution < -0.4 is 9.46 Å². The predicted octanol–water partition coefficient (Wildman–Crippen LogP) is 3.61. The molecule has 0 saturated carbocycles. The number of hydrogen-bond acceptors (Lipinski definition) is 5. The number of aryl methyl sites for hydroxylation is 1. The number of rotatable bonds is 7. The summed E-state index contributed by atoms with van der Waals surface area (Å²) in [7, 11) is -2.06. The Hall–Kier alpha value is -2.95. The van der Waals surface area contributed by atoms with Crippen LogP contribution in [0.3, 0.4) is 0 Å².